The van der Waals surface area contributed by atoms with Crippen molar-refractivity contribution in [1.29, 1.82) is 0 Å². The number of anilines is 2. The Bertz CT molecular complexity index is 2230. The van der Waals surface area contributed by atoms with Gasteiger partial charge >= 0.3 is 0 Å². The number of nitrogens with zero attached hydrogens (tertiary/aromatic N) is 1. The number of fused-ring (bicyclic) bond motifs is 5. The first-order chi connectivity index (χ1) is 24.2. The highest BCUT2D eigenvalue weighted by molar-refractivity contribution is 6.22. The van der Waals surface area contributed by atoms with Crippen molar-refractivity contribution in [3.05, 3.63) is 102 Å². The Hall–Kier alpha value is -4.95. The highest BCUT2D eigenvalue weighted by atomic mass is 35.5. The molecule has 13 heteroatoms. The van der Waals surface area contributed by atoms with Gasteiger partial charge in [0.05, 0.1) is 17.7 Å². The lowest BCUT2D eigenvalue weighted by molar-refractivity contribution is -0.277. The second-order valence-corrected chi connectivity index (χ2v) is 13.3. The van der Waals surface area contributed by atoms with Gasteiger partial charge in [-0.2, -0.15) is 0 Å². The van der Waals surface area contributed by atoms with Gasteiger partial charge in [-0.25, -0.2) is 0 Å². The molecule has 0 bridgehead atoms. The first-order valence-electron chi connectivity index (χ1n) is 16.2. The SMILES string of the molecule is O=C(Nc1ccc2[nH]c(C(=O)N3CC(Cl)Cc4c3cc(O[C@@H]3OC(CO)[C@H](O)[C@H](O)C3O)c3ccccc43)cc2c1)c1cc2ccccc2[nH]1. The number of aromatic nitrogens is 2. The second-order valence-electron chi connectivity index (χ2n) is 12.7. The minimum absolute atomic E-state index is 0.201. The van der Waals surface area contributed by atoms with Gasteiger partial charge in [0.25, 0.3) is 11.8 Å². The molecule has 0 spiro atoms. The number of hydrogen-bond donors (Lipinski definition) is 7. The normalized spacial score (nSPS) is 23.7. The van der Waals surface area contributed by atoms with Crippen LogP contribution in [0.1, 0.15) is 26.5 Å². The molecular formula is C37H33ClN4O8. The molecule has 256 valence electrons. The van der Waals surface area contributed by atoms with E-state index in [9.17, 15) is 30.0 Å². The lowest BCUT2D eigenvalue weighted by atomic mass is 9.93. The fourth-order valence-corrected chi connectivity index (χ4v) is 7.16. The van der Waals surface area contributed by atoms with Crippen molar-refractivity contribution in [3.8, 4) is 5.75 Å². The number of carbonyl (C=O) groups is 2. The minimum Gasteiger partial charge on any atom is -0.461 e. The van der Waals surface area contributed by atoms with Crippen LogP contribution in [-0.4, -0.2) is 91.4 Å². The standard InChI is InChI=1S/C37H33ClN4O8/c38-20-14-24-22-6-2-3-7-23(22)30(49-37-34(46)33(45)32(44)31(17-43)50-37)15-29(24)42(16-20)36(48)28-13-19-11-21(9-10-26(19)41-28)39-35(47)27-12-18-5-1-4-8-25(18)40-27/h1-13,15,20,31-34,37,40-41,43-46H,14,16-17H2,(H,39,47)/t20?,31?,32-,33-,34?,37+/m0/s1. The van der Waals surface area contributed by atoms with E-state index in [-0.39, 0.29) is 29.5 Å². The van der Waals surface area contributed by atoms with E-state index in [4.69, 9.17) is 21.1 Å². The summed E-state index contributed by atoms with van der Waals surface area (Å²) >= 11 is 6.77. The van der Waals surface area contributed by atoms with Gasteiger partial charge in [-0.1, -0.05) is 42.5 Å². The summed E-state index contributed by atoms with van der Waals surface area (Å²) in [6, 6.07) is 25.6. The number of halogens is 1. The van der Waals surface area contributed by atoms with Crippen molar-refractivity contribution < 1.29 is 39.5 Å². The Labute approximate surface area is 289 Å². The van der Waals surface area contributed by atoms with E-state index in [1.807, 2.05) is 48.5 Å². The van der Waals surface area contributed by atoms with Crippen LogP contribution in [0, 0.1) is 0 Å². The number of hydrogen-bond acceptors (Lipinski definition) is 8. The maximum Gasteiger partial charge on any atom is 0.274 e. The molecule has 0 aliphatic carbocycles. The summed E-state index contributed by atoms with van der Waals surface area (Å²) < 4.78 is 11.8. The van der Waals surface area contributed by atoms with Gasteiger partial charge in [0.1, 0.15) is 41.6 Å². The van der Waals surface area contributed by atoms with Crippen LogP contribution in [0.25, 0.3) is 32.6 Å². The number of nitrogens with one attached hydrogen (secondary N) is 3. The number of aliphatic hydroxyl groups excluding tert-OH is 4. The number of aliphatic hydroxyl groups is 4. The smallest absolute Gasteiger partial charge is 0.274 e. The molecule has 6 atom stereocenters. The van der Waals surface area contributed by atoms with Gasteiger partial charge in [0.2, 0.25) is 6.29 Å². The fourth-order valence-electron chi connectivity index (χ4n) is 6.87. The summed E-state index contributed by atoms with van der Waals surface area (Å²) in [6.07, 6.45) is -6.85. The van der Waals surface area contributed by atoms with Crippen LogP contribution in [0.3, 0.4) is 0 Å². The van der Waals surface area contributed by atoms with E-state index >= 15 is 0 Å². The Morgan fingerprint density at radius 2 is 1.58 bits per heavy atom. The number of amides is 2. The summed E-state index contributed by atoms with van der Waals surface area (Å²) in [7, 11) is 0. The molecule has 2 aromatic heterocycles. The third kappa shape index (κ3) is 5.65. The maximum atomic E-state index is 14.2. The zero-order valence-corrected chi connectivity index (χ0v) is 27.2. The molecule has 0 saturated carbocycles. The average molecular weight is 697 g/mol. The number of rotatable bonds is 6. The van der Waals surface area contributed by atoms with E-state index < -0.39 is 37.3 Å². The zero-order chi connectivity index (χ0) is 34.7. The van der Waals surface area contributed by atoms with E-state index in [0.717, 1.165) is 21.9 Å². The van der Waals surface area contributed by atoms with Gasteiger partial charge in [-0.3, -0.25) is 9.59 Å². The van der Waals surface area contributed by atoms with Gasteiger partial charge in [-0.05, 0) is 53.8 Å². The second kappa shape index (κ2) is 12.7. The van der Waals surface area contributed by atoms with Gasteiger partial charge in [-0.15, -0.1) is 11.6 Å². The first kappa shape index (κ1) is 32.3. The fraction of sp³-hybridized carbons (Fsp3) is 0.243. The third-order valence-electron chi connectivity index (χ3n) is 9.41. The molecule has 1 fully saturated rings. The Morgan fingerprint density at radius 1 is 0.860 bits per heavy atom. The Morgan fingerprint density at radius 3 is 2.38 bits per heavy atom. The van der Waals surface area contributed by atoms with Crippen molar-refractivity contribution in [3.63, 3.8) is 0 Å². The van der Waals surface area contributed by atoms with Crippen molar-refractivity contribution >= 4 is 67.4 Å². The Kier molecular flexibility index (Phi) is 8.22. The number of ether oxygens (including phenoxy) is 2. The molecule has 4 aromatic carbocycles. The van der Waals surface area contributed by atoms with Crippen molar-refractivity contribution in [2.75, 3.05) is 23.4 Å². The third-order valence-corrected chi connectivity index (χ3v) is 9.70. The van der Waals surface area contributed by atoms with E-state index in [0.29, 0.717) is 45.5 Å². The van der Waals surface area contributed by atoms with Crippen molar-refractivity contribution in [1.82, 2.24) is 9.97 Å². The van der Waals surface area contributed by atoms with Crippen LogP contribution >= 0.6 is 11.6 Å². The summed E-state index contributed by atoms with van der Waals surface area (Å²) in [4.78, 5) is 35.2. The molecular weight excluding hydrogens is 664 g/mol. The minimum atomic E-state index is -1.62. The molecule has 3 unspecified atom stereocenters. The summed E-state index contributed by atoms with van der Waals surface area (Å²) in [6.45, 7) is -0.399. The van der Waals surface area contributed by atoms with Gasteiger partial charge in [0, 0.05) is 45.5 Å². The number of alkyl halides is 1. The van der Waals surface area contributed by atoms with Crippen LogP contribution in [-0.2, 0) is 11.2 Å². The van der Waals surface area contributed by atoms with Crippen molar-refractivity contribution in [2.45, 2.75) is 42.5 Å². The predicted molar refractivity (Wildman–Crippen MR) is 188 cm³/mol. The molecule has 8 rings (SSSR count). The molecule has 2 amide bonds. The van der Waals surface area contributed by atoms with Gasteiger partial charge < -0.3 is 50.1 Å². The molecule has 12 nitrogen and oxygen atoms in total. The lowest BCUT2D eigenvalue weighted by Gasteiger charge is -2.40. The first-order valence-corrected chi connectivity index (χ1v) is 16.6. The van der Waals surface area contributed by atoms with E-state index in [2.05, 4.69) is 15.3 Å². The largest absolute Gasteiger partial charge is 0.461 e. The summed E-state index contributed by atoms with van der Waals surface area (Å²) in [5, 5.41) is 46.6. The lowest BCUT2D eigenvalue weighted by Crippen LogP contribution is -2.60. The number of para-hydroxylation sites is 1. The van der Waals surface area contributed by atoms with E-state index in [1.54, 1.807) is 41.3 Å². The monoisotopic (exact) mass is 696 g/mol. The molecule has 2 aliphatic heterocycles. The Balaban J connectivity index is 1.10. The summed E-state index contributed by atoms with van der Waals surface area (Å²) in [5.74, 6) is -0.369. The highest BCUT2D eigenvalue weighted by Gasteiger charge is 2.45. The molecule has 0 radical (unpaired) electrons. The van der Waals surface area contributed by atoms with Crippen LogP contribution in [0.15, 0.2) is 84.9 Å². The molecule has 50 heavy (non-hydrogen) atoms. The van der Waals surface area contributed by atoms with E-state index in [1.165, 1.54) is 0 Å². The molecule has 4 heterocycles. The summed E-state index contributed by atoms with van der Waals surface area (Å²) in [5.41, 5.74) is 4.24. The van der Waals surface area contributed by atoms with Crippen LogP contribution < -0.4 is 15.0 Å². The molecule has 7 N–H and O–H groups in total. The molecule has 2 aliphatic rings. The predicted octanol–water partition coefficient (Wildman–Crippen LogP) is 4.04. The van der Waals surface area contributed by atoms with Crippen LogP contribution in [0.2, 0.25) is 0 Å². The highest BCUT2D eigenvalue weighted by Crippen LogP contribution is 2.42. The molecule has 6 aromatic rings. The number of H-pyrrole nitrogens is 2. The topological polar surface area (TPSA) is 180 Å². The van der Waals surface area contributed by atoms with Crippen molar-refractivity contribution in [2.24, 2.45) is 0 Å². The average Bonchev–Trinajstić information content (AvgIpc) is 3.76. The number of benzene rings is 4. The van der Waals surface area contributed by atoms with Gasteiger partial charge in [0.15, 0.2) is 0 Å². The number of aromatic amines is 2. The van der Waals surface area contributed by atoms with Crippen LogP contribution in [0.5, 0.6) is 5.75 Å². The molecule has 1 saturated heterocycles. The quantitative estimate of drug-likeness (QED) is 0.127. The van der Waals surface area contributed by atoms with Crippen LogP contribution in [0.4, 0.5) is 11.4 Å². The zero-order valence-electron chi connectivity index (χ0n) is 26.4. The maximum absolute atomic E-state index is 14.2. The number of carbonyl (C=O) groups excluding carboxylic acids is 2.